The Bertz CT molecular complexity index is 1140. The van der Waals surface area contributed by atoms with E-state index in [0.29, 0.717) is 12.1 Å². The van der Waals surface area contributed by atoms with Gasteiger partial charge >= 0.3 is 0 Å². The van der Waals surface area contributed by atoms with Gasteiger partial charge < -0.3 is 20.4 Å². The van der Waals surface area contributed by atoms with E-state index >= 15 is 0 Å². The van der Waals surface area contributed by atoms with Gasteiger partial charge in [-0.3, -0.25) is 19.4 Å². The van der Waals surface area contributed by atoms with Crippen LogP contribution in [0.3, 0.4) is 0 Å². The lowest BCUT2D eigenvalue weighted by Gasteiger charge is -2.35. The summed E-state index contributed by atoms with van der Waals surface area (Å²) in [5.41, 5.74) is -3.12. The van der Waals surface area contributed by atoms with Crippen LogP contribution in [0.25, 0.3) is 0 Å². The number of carbonyl (C=O) groups is 2. The Morgan fingerprint density at radius 1 is 1.23 bits per heavy atom. The van der Waals surface area contributed by atoms with Crippen molar-refractivity contribution in [1.82, 2.24) is 14.9 Å². The van der Waals surface area contributed by atoms with Crippen LogP contribution < -0.4 is 15.8 Å². The number of benzene rings is 1. The second kappa shape index (κ2) is 6.76. The number of aromatic hydroxyl groups is 1. The molecular weight excluding hydrogens is 409 g/mol. The van der Waals surface area contributed by atoms with Crippen LogP contribution in [0.4, 0.5) is 13.2 Å². The summed E-state index contributed by atoms with van der Waals surface area (Å²) in [6.45, 7) is -0.750. The van der Waals surface area contributed by atoms with Crippen molar-refractivity contribution in [3.8, 4) is 5.75 Å². The highest BCUT2D eigenvalue weighted by atomic mass is 19.1. The van der Waals surface area contributed by atoms with Crippen molar-refractivity contribution in [3.63, 3.8) is 0 Å². The first-order valence-corrected chi connectivity index (χ1v) is 8.74. The molecule has 30 heavy (non-hydrogen) atoms. The molecule has 0 radical (unpaired) electrons. The van der Waals surface area contributed by atoms with Gasteiger partial charge in [-0.1, -0.05) is 0 Å². The molecule has 158 valence electrons. The van der Waals surface area contributed by atoms with Gasteiger partial charge in [0, 0.05) is 31.3 Å². The lowest BCUT2D eigenvalue weighted by Crippen LogP contribution is -2.51. The first-order valence-electron chi connectivity index (χ1n) is 8.74. The molecule has 0 spiro atoms. The van der Waals surface area contributed by atoms with Gasteiger partial charge in [-0.05, 0) is 0 Å². The van der Waals surface area contributed by atoms with Crippen LogP contribution >= 0.6 is 0 Å². The van der Waals surface area contributed by atoms with E-state index in [9.17, 15) is 37.8 Å². The van der Waals surface area contributed by atoms with E-state index in [4.69, 9.17) is 0 Å². The molecule has 4 rings (SSSR count). The van der Waals surface area contributed by atoms with Crippen LogP contribution in [0, 0.1) is 17.5 Å². The molecule has 12 heteroatoms. The normalized spacial score (nSPS) is 17.4. The van der Waals surface area contributed by atoms with E-state index in [1.165, 1.54) is 17.0 Å². The van der Waals surface area contributed by atoms with Gasteiger partial charge in [0.25, 0.3) is 11.8 Å². The average Bonchev–Trinajstić information content (AvgIpc) is 2.96. The highest BCUT2D eigenvalue weighted by Crippen LogP contribution is 2.32. The summed E-state index contributed by atoms with van der Waals surface area (Å²) in [5, 5.41) is 24.3. The fourth-order valence-corrected chi connectivity index (χ4v) is 3.66. The fraction of sp³-hybridized carbons (Fsp3) is 0.278. The SMILES string of the molecule is CN1CN2C[C@@H](O)c3c(C(=O)NCc4c(F)cc(F)cc4F)c(=O)c(O)c(n32)C1=O. The molecule has 0 fully saturated rings. The average molecular weight is 424 g/mol. The van der Waals surface area contributed by atoms with Crippen molar-refractivity contribution in [2.75, 3.05) is 25.3 Å². The number of hydrogen-bond acceptors (Lipinski definition) is 6. The molecule has 0 saturated heterocycles. The Morgan fingerprint density at radius 3 is 2.50 bits per heavy atom. The molecule has 2 aliphatic rings. The van der Waals surface area contributed by atoms with E-state index in [1.807, 2.05) is 0 Å². The zero-order valence-electron chi connectivity index (χ0n) is 15.4. The number of aliphatic hydroxyl groups excluding tert-OH is 1. The fourth-order valence-electron chi connectivity index (χ4n) is 3.66. The number of nitrogens with one attached hydrogen (secondary N) is 1. The number of carbonyl (C=O) groups excluding carboxylic acids is 2. The van der Waals surface area contributed by atoms with Crippen molar-refractivity contribution in [2.24, 2.45) is 0 Å². The van der Waals surface area contributed by atoms with Crippen molar-refractivity contribution < 1.29 is 33.0 Å². The third-order valence-corrected chi connectivity index (χ3v) is 5.03. The second-order valence-corrected chi connectivity index (χ2v) is 6.98. The molecule has 1 atom stereocenters. The van der Waals surface area contributed by atoms with Crippen molar-refractivity contribution in [3.05, 3.63) is 62.3 Å². The largest absolute Gasteiger partial charge is 0.502 e. The van der Waals surface area contributed by atoms with Crippen LogP contribution in [0.1, 0.15) is 38.2 Å². The maximum Gasteiger partial charge on any atom is 0.277 e. The molecule has 9 nitrogen and oxygen atoms in total. The molecule has 0 unspecified atom stereocenters. The Kier molecular flexibility index (Phi) is 4.45. The monoisotopic (exact) mass is 424 g/mol. The van der Waals surface area contributed by atoms with Crippen LogP contribution in [-0.4, -0.2) is 51.9 Å². The minimum atomic E-state index is -1.34. The summed E-state index contributed by atoms with van der Waals surface area (Å²) < 4.78 is 41.7. The zero-order valence-corrected chi connectivity index (χ0v) is 15.4. The predicted octanol–water partition coefficient (Wildman–Crippen LogP) is -0.0707. The van der Waals surface area contributed by atoms with E-state index in [2.05, 4.69) is 5.32 Å². The number of pyridine rings is 1. The maximum absolute atomic E-state index is 13.8. The Balaban J connectivity index is 1.76. The lowest BCUT2D eigenvalue weighted by molar-refractivity contribution is 0.0735. The smallest absolute Gasteiger partial charge is 0.277 e. The summed E-state index contributed by atoms with van der Waals surface area (Å²) in [7, 11) is 1.44. The van der Waals surface area contributed by atoms with Gasteiger partial charge in [-0.25, -0.2) is 17.8 Å². The van der Waals surface area contributed by atoms with Crippen molar-refractivity contribution >= 4 is 11.8 Å². The van der Waals surface area contributed by atoms with E-state index in [-0.39, 0.29) is 18.9 Å². The summed E-state index contributed by atoms with van der Waals surface area (Å²) in [6.07, 6.45) is -1.34. The summed E-state index contributed by atoms with van der Waals surface area (Å²) in [4.78, 5) is 38.9. The Hall–Kier alpha value is -3.54. The van der Waals surface area contributed by atoms with Gasteiger partial charge in [0.15, 0.2) is 11.4 Å². The van der Waals surface area contributed by atoms with Gasteiger partial charge in [-0.15, -0.1) is 0 Å². The molecule has 0 saturated carbocycles. The van der Waals surface area contributed by atoms with Gasteiger partial charge in [0.2, 0.25) is 5.43 Å². The van der Waals surface area contributed by atoms with Crippen LogP contribution in [-0.2, 0) is 6.54 Å². The molecule has 2 amide bonds. The Morgan fingerprint density at radius 2 is 1.87 bits per heavy atom. The summed E-state index contributed by atoms with van der Waals surface area (Å²) in [5.74, 6) is -6.40. The molecule has 0 bridgehead atoms. The molecule has 0 aliphatic carbocycles. The zero-order chi connectivity index (χ0) is 21.9. The third-order valence-electron chi connectivity index (χ3n) is 5.03. The molecule has 3 heterocycles. The molecule has 3 N–H and O–H groups in total. The predicted molar refractivity (Wildman–Crippen MR) is 94.9 cm³/mol. The number of aliphatic hydroxyl groups is 1. The number of halogens is 3. The molecule has 2 aliphatic heterocycles. The highest BCUT2D eigenvalue weighted by molar-refractivity contribution is 6.00. The number of aromatic nitrogens is 1. The van der Waals surface area contributed by atoms with E-state index in [0.717, 1.165) is 4.68 Å². The Labute approximate surface area is 166 Å². The van der Waals surface area contributed by atoms with Crippen LogP contribution in [0.2, 0.25) is 0 Å². The number of rotatable bonds is 3. The molecule has 1 aromatic heterocycles. The summed E-state index contributed by atoms with van der Waals surface area (Å²) in [6, 6.07) is 0.876. The number of hydrogen-bond donors (Lipinski definition) is 3. The summed E-state index contributed by atoms with van der Waals surface area (Å²) >= 11 is 0. The van der Waals surface area contributed by atoms with E-state index < -0.39 is 69.9 Å². The number of amides is 2. The third kappa shape index (κ3) is 2.79. The van der Waals surface area contributed by atoms with Crippen molar-refractivity contribution in [1.29, 1.82) is 0 Å². The molecular formula is C18H15F3N4O5. The minimum Gasteiger partial charge on any atom is -0.502 e. The first kappa shape index (κ1) is 19.8. The lowest BCUT2D eigenvalue weighted by atomic mass is 10.1. The second-order valence-electron chi connectivity index (χ2n) is 6.98. The van der Waals surface area contributed by atoms with Crippen LogP contribution in [0.15, 0.2) is 16.9 Å². The minimum absolute atomic E-state index is 0.0330. The highest BCUT2D eigenvalue weighted by Gasteiger charge is 2.42. The maximum atomic E-state index is 13.8. The van der Waals surface area contributed by atoms with Gasteiger partial charge in [0.05, 0.1) is 12.2 Å². The molecule has 2 aromatic rings. The van der Waals surface area contributed by atoms with Crippen LogP contribution in [0.5, 0.6) is 5.75 Å². The van der Waals surface area contributed by atoms with Gasteiger partial charge in [0.1, 0.15) is 35.8 Å². The quantitative estimate of drug-likeness (QED) is 0.636. The number of nitrogens with zero attached hydrogens (tertiary/aromatic N) is 3. The first-order chi connectivity index (χ1) is 14.1. The molecule has 1 aromatic carbocycles. The topological polar surface area (TPSA) is 115 Å². The van der Waals surface area contributed by atoms with Crippen molar-refractivity contribution in [2.45, 2.75) is 12.6 Å². The van der Waals surface area contributed by atoms with E-state index in [1.54, 1.807) is 0 Å². The standard InChI is InChI=1S/C18H15F3N4O5/c1-23-6-24-5-11(26)13-12(15(27)16(28)14(18(23)30)25(13)24)17(29)22-4-8-9(20)2-7(19)3-10(8)21/h2-3,11,26,28H,4-6H2,1H3,(H,22,29)/t11-/m1/s1. The van der Waals surface area contributed by atoms with Gasteiger partial charge in [-0.2, -0.15) is 0 Å².